The van der Waals surface area contributed by atoms with E-state index in [1.54, 1.807) is 12.1 Å². The zero-order valence-corrected chi connectivity index (χ0v) is 11.6. The third-order valence-electron chi connectivity index (χ3n) is 3.32. The molecule has 0 aliphatic rings. The highest BCUT2D eigenvalue weighted by Crippen LogP contribution is 2.36. The topological polar surface area (TPSA) is 18.5 Å². The van der Waals surface area contributed by atoms with Gasteiger partial charge < -0.3 is 9.47 Å². The molecule has 0 saturated carbocycles. The van der Waals surface area contributed by atoms with Crippen LogP contribution in [0.5, 0.6) is 11.5 Å². The van der Waals surface area contributed by atoms with Gasteiger partial charge in [0.05, 0.1) is 14.2 Å². The summed E-state index contributed by atoms with van der Waals surface area (Å²) in [6, 6.07) is 8.77. The van der Waals surface area contributed by atoms with Crippen molar-refractivity contribution in [3.63, 3.8) is 0 Å². The molecule has 2 aromatic carbocycles. The van der Waals surface area contributed by atoms with E-state index >= 15 is 0 Å². The lowest BCUT2D eigenvalue weighted by molar-refractivity contribution is 0.397. The van der Waals surface area contributed by atoms with Gasteiger partial charge in [-0.15, -0.1) is 0 Å². The molecule has 2 nitrogen and oxygen atoms in total. The van der Waals surface area contributed by atoms with Gasteiger partial charge in [-0.05, 0) is 12.1 Å². The Balaban J connectivity index is 2.48. The Labute approximate surface area is 117 Å². The molecule has 0 heterocycles. The summed E-state index contributed by atoms with van der Waals surface area (Å²) in [5.74, 6) is 0.0987. The van der Waals surface area contributed by atoms with Gasteiger partial charge in [0.15, 0.2) is 0 Å². The average Bonchev–Trinajstić information content (AvgIpc) is 2.46. The van der Waals surface area contributed by atoms with E-state index in [2.05, 4.69) is 0 Å². The van der Waals surface area contributed by atoms with Crippen LogP contribution in [0.2, 0.25) is 0 Å². The minimum Gasteiger partial charge on any atom is -0.496 e. The maximum Gasteiger partial charge on any atom is 0.126 e. The first kappa shape index (κ1) is 14.3. The van der Waals surface area contributed by atoms with Gasteiger partial charge in [0.25, 0.3) is 0 Å². The lowest BCUT2D eigenvalue weighted by Crippen LogP contribution is -2.03. The first-order valence-electron chi connectivity index (χ1n) is 6.23. The Morgan fingerprint density at radius 3 is 1.55 bits per heavy atom. The van der Waals surface area contributed by atoms with Crippen molar-refractivity contribution >= 4 is 0 Å². The maximum atomic E-state index is 13.2. The predicted molar refractivity (Wildman–Crippen MR) is 73.4 cm³/mol. The molecule has 4 heteroatoms. The Morgan fingerprint density at radius 1 is 0.800 bits per heavy atom. The van der Waals surface area contributed by atoms with E-state index in [4.69, 9.17) is 9.47 Å². The zero-order chi connectivity index (χ0) is 14.7. The molecule has 0 aromatic heterocycles. The van der Waals surface area contributed by atoms with Gasteiger partial charge >= 0.3 is 0 Å². The molecule has 0 aliphatic heterocycles. The normalized spacial score (nSPS) is 10.7. The van der Waals surface area contributed by atoms with E-state index in [0.717, 1.165) is 11.1 Å². The molecule has 0 unspecified atom stereocenters. The number of rotatable bonds is 4. The number of methoxy groups -OCH3 is 2. The van der Waals surface area contributed by atoms with E-state index in [0.29, 0.717) is 11.5 Å². The van der Waals surface area contributed by atoms with Crippen LogP contribution in [-0.4, -0.2) is 14.2 Å². The van der Waals surface area contributed by atoms with E-state index in [9.17, 15) is 8.78 Å². The molecular weight excluding hydrogens is 262 g/mol. The smallest absolute Gasteiger partial charge is 0.126 e. The molecule has 0 saturated heterocycles. The number of hydrogen-bond donors (Lipinski definition) is 0. The van der Waals surface area contributed by atoms with E-state index < -0.39 is 0 Å². The van der Waals surface area contributed by atoms with Gasteiger partial charge in [-0.2, -0.15) is 0 Å². The van der Waals surface area contributed by atoms with Crippen molar-refractivity contribution in [3.8, 4) is 11.5 Å². The summed E-state index contributed by atoms with van der Waals surface area (Å²) in [5, 5.41) is 0. The molecule has 106 valence electrons. The zero-order valence-electron chi connectivity index (χ0n) is 11.6. The molecular formula is C16H16F2O2. The fourth-order valence-corrected chi connectivity index (χ4v) is 2.25. The van der Waals surface area contributed by atoms with Crippen molar-refractivity contribution in [1.29, 1.82) is 0 Å². The van der Waals surface area contributed by atoms with Crippen LogP contribution >= 0.6 is 0 Å². The average molecular weight is 278 g/mol. The van der Waals surface area contributed by atoms with Crippen molar-refractivity contribution in [2.45, 2.75) is 12.8 Å². The molecule has 0 bridgehead atoms. The third-order valence-corrected chi connectivity index (χ3v) is 3.32. The predicted octanol–water partition coefficient (Wildman–Crippen LogP) is 4.13. The summed E-state index contributed by atoms with van der Waals surface area (Å²) in [4.78, 5) is 0. The van der Waals surface area contributed by atoms with Crippen molar-refractivity contribution in [2.24, 2.45) is 0 Å². The second-order valence-corrected chi connectivity index (χ2v) is 4.49. The van der Waals surface area contributed by atoms with E-state index in [1.807, 2.05) is 6.92 Å². The standard InChI is InChI=1S/C16H16F2O2/c1-10(13-6-4-11(17)8-15(13)19-2)14-7-5-12(18)9-16(14)20-3/h4-10H,1-3H3. The molecule has 0 fully saturated rings. The van der Waals surface area contributed by atoms with Crippen LogP contribution in [-0.2, 0) is 0 Å². The summed E-state index contributed by atoms with van der Waals surface area (Å²) in [5.41, 5.74) is 1.64. The molecule has 2 aromatic rings. The monoisotopic (exact) mass is 278 g/mol. The minimum absolute atomic E-state index is 0.110. The van der Waals surface area contributed by atoms with Crippen LogP contribution in [0.15, 0.2) is 36.4 Å². The Hall–Kier alpha value is -2.10. The van der Waals surface area contributed by atoms with Crippen molar-refractivity contribution in [2.75, 3.05) is 14.2 Å². The highest BCUT2D eigenvalue weighted by atomic mass is 19.1. The molecule has 0 N–H and O–H groups in total. The van der Waals surface area contributed by atoms with Gasteiger partial charge in [-0.25, -0.2) is 8.78 Å². The third kappa shape index (κ3) is 2.74. The summed E-state index contributed by atoms with van der Waals surface area (Å²) in [6.07, 6.45) is 0. The Bertz CT molecular complexity index is 558. The Morgan fingerprint density at radius 2 is 1.20 bits per heavy atom. The fraction of sp³-hybridized carbons (Fsp3) is 0.250. The summed E-state index contributed by atoms with van der Waals surface area (Å²) in [7, 11) is 2.99. The molecule has 0 atom stereocenters. The quantitative estimate of drug-likeness (QED) is 0.837. The maximum absolute atomic E-state index is 13.2. The summed E-state index contributed by atoms with van der Waals surface area (Å²) in [6.45, 7) is 1.94. The second-order valence-electron chi connectivity index (χ2n) is 4.49. The molecule has 0 amide bonds. The van der Waals surface area contributed by atoms with Crippen molar-refractivity contribution in [1.82, 2.24) is 0 Å². The SMILES string of the molecule is COc1cc(F)ccc1C(C)c1ccc(F)cc1OC. The van der Waals surface area contributed by atoms with Gasteiger partial charge in [0.1, 0.15) is 23.1 Å². The second kappa shape index (κ2) is 5.90. The van der Waals surface area contributed by atoms with Crippen LogP contribution in [0.1, 0.15) is 24.0 Å². The van der Waals surface area contributed by atoms with E-state index in [1.165, 1.54) is 38.5 Å². The summed E-state index contributed by atoms with van der Waals surface area (Å²) >= 11 is 0. The van der Waals surface area contributed by atoms with E-state index in [-0.39, 0.29) is 17.6 Å². The van der Waals surface area contributed by atoms with Gasteiger partial charge in [0, 0.05) is 29.2 Å². The Kier molecular flexibility index (Phi) is 4.23. The van der Waals surface area contributed by atoms with Crippen LogP contribution in [0.25, 0.3) is 0 Å². The molecule has 0 radical (unpaired) electrons. The largest absolute Gasteiger partial charge is 0.496 e. The van der Waals surface area contributed by atoms with Crippen LogP contribution in [0.4, 0.5) is 8.78 Å². The molecule has 20 heavy (non-hydrogen) atoms. The van der Waals surface area contributed by atoms with Gasteiger partial charge in [0.2, 0.25) is 0 Å². The first-order valence-corrected chi connectivity index (χ1v) is 6.23. The van der Waals surface area contributed by atoms with Crippen molar-refractivity contribution < 1.29 is 18.3 Å². The number of ether oxygens (including phenoxy) is 2. The first-order chi connectivity index (χ1) is 9.56. The highest BCUT2D eigenvalue weighted by Gasteiger charge is 2.18. The van der Waals surface area contributed by atoms with Crippen molar-refractivity contribution in [3.05, 3.63) is 59.2 Å². The number of halogens is 2. The lowest BCUT2D eigenvalue weighted by atomic mass is 9.91. The minimum atomic E-state index is -0.358. The number of benzene rings is 2. The van der Waals surface area contributed by atoms with Crippen LogP contribution in [0, 0.1) is 11.6 Å². The van der Waals surface area contributed by atoms with Crippen LogP contribution in [0.3, 0.4) is 0 Å². The van der Waals surface area contributed by atoms with Gasteiger partial charge in [-0.3, -0.25) is 0 Å². The number of hydrogen-bond acceptors (Lipinski definition) is 2. The highest BCUT2D eigenvalue weighted by molar-refractivity contribution is 5.46. The van der Waals surface area contributed by atoms with Crippen LogP contribution < -0.4 is 9.47 Å². The lowest BCUT2D eigenvalue weighted by Gasteiger charge is -2.18. The van der Waals surface area contributed by atoms with Gasteiger partial charge in [-0.1, -0.05) is 19.1 Å². The molecule has 0 spiro atoms. The fourth-order valence-electron chi connectivity index (χ4n) is 2.25. The molecule has 0 aliphatic carbocycles. The molecule has 2 rings (SSSR count). The summed E-state index contributed by atoms with van der Waals surface area (Å²) < 4.78 is 36.9.